The highest BCUT2D eigenvalue weighted by molar-refractivity contribution is 9.10. The van der Waals surface area contributed by atoms with Gasteiger partial charge in [-0.1, -0.05) is 51.0 Å². The van der Waals surface area contributed by atoms with Crippen LogP contribution in [0.15, 0.2) is 53.0 Å². The van der Waals surface area contributed by atoms with Crippen LogP contribution in [0.2, 0.25) is 5.02 Å². The fraction of sp³-hybridized carbons (Fsp3) is 0.118. The van der Waals surface area contributed by atoms with Crippen molar-refractivity contribution in [1.82, 2.24) is 10.2 Å². The van der Waals surface area contributed by atoms with Gasteiger partial charge in [-0.25, -0.2) is 0 Å². The Hall–Kier alpha value is -1.96. The van der Waals surface area contributed by atoms with Gasteiger partial charge in [0.05, 0.1) is 0 Å². The molecule has 0 radical (unpaired) electrons. The van der Waals surface area contributed by atoms with E-state index < -0.39 is 0 Å². The summed E-state index contributed by atoms with van der Waals surface area (Å²) >= 11 is 10.6. The van der Waals surface area contributed by atoms with Crippen LogP contribution in [-0.2, 0) is 4.79 Å². The van der Waals surface area contributed by atoms with Crippen LogP contribution in [0.5, 0.6) is 5.75 Å². The molecule has 0 spiro atoms. The van der Waals surface area contributed by atoms with E-state index in [1.165, 1.54) is 16.2 Å². The van der Waals surface area contributed by atoms with E-state index in [1.54, 1.807) is 31.3 Å². The van der Waals surface area contributed by atoms with Crippen molar-refractivity contribution in [3.63, 3.8) is 0 Å². The van der Waals surface area contributed by atoms with Crippen LogP contribution in [0.4, 0.5) is 5.13 Å². The SMILES string of the molecule is CN(C(=O)COc1ccc(Cl)cc1)c1nnc(-c2ccc(Br)cc2)s1. The molecule has 8 heteroatoms. The maximum atomic E-state index is 12.3. The lowest BCUT2D eigenvalue weighted by atomic mass is 10.2. The van der Waals surface area contributed by atoms with Crippen LogP contribution in [-0.4, -0.2) is 29.8 Å². The van der Waals surface area contributed by atoms with Crippen molar-refractivity contribution in [2.45, 2.75) is 0 Å². The van der Waals surface area contributed by atoms with Crippen molar-refractivity contribution in [3.05, 3.63) is 58.0 Å². The van der Waals surface area contributed by atoms with Crippen LogP contribution in [0.25, 0.3) is 10.6 Å². The third-order valence-electron chi connectivity index (χ3n) is 3.34. The summed E-state index contributed by atoms with van der Waals surface area (Å²) in [5.74, 6) is 0.368. The molecule has 0 atom stereocenters. The largest absolute Gasteiger partial charge is 0.484 e. The number of likely N-dealkylation sites (N-methyl/N-ethyl adjacent to an activating group) is 1. The summed E-state index contributed by atoms with van der Waals surface area (Å²) in [4.78, 5) is 13.7. The monoisotopic (exact) mass is 437 g/mol. The predicted molar refractivity (Wildman–Crippen MR) is 103 cm³/mol. The average Bonchev–Trinajstić information content (AvgIpc) is 3.11. The van der Waals surface area contributed by atoms with Crippen molar-refractivity contribution >= 4 is 49.9 Å². The maximum Gasteiger partial charge on any atom is 0.266 e. The first-order chi connectivity index (χ1) is 12.0. The summed E-state index contributed by atoms with van der Waals surface area (Å²) in [5, 5.41) is 10.1. The van der Waals surface area contributed by atoms with Gasteiger partial charge in [-0.2, -0.15) is 0 Å². The van der Waals surface area contributed by atoms with Gasteiger partial charge in [0.2, 0.25) is 5.13 Å². The van der Waals surface area contributed by atoms with Gasteiger partial charge in [0, 0.05) is 22.1 Å². The smallest absolute Gasteiger partial charge is 0.266 e. The van der Waals surface area contributed by atoms with Crippen LogP contribution in [0, 0.1) is 0 Å². The Morgan fingerprint density at radius 1 is 1.16 bits per heavy atom. The number of halogens is 2. The van der Waals surface area contributed by atoms with Crippen molar-refractivity contribution in [2.24, 2.45) is 0 Å². The summed E-state index contributed by atoms with van der Waals surface area (Å²) in [5.41, 5.74) is 0.949. The normalized spacial score (nSPS) is 10.5. The molecule has 3 aromatic rings. The second-order valence-electron chi connectivity index (χ2n) is 5.09. The van der Waals surface area contributed by atoms with Crippen molar-refractivity contribution in [2.75, 3.05) is 18.6 Å². The number of aromatic nitrogens is 2. The first-order valence-corrected chi connectivity index (χ1v) is 9.26. The van der Waals surface area contributed by atoms with E-state index in [9.17, 15) is 4.79 Å². The van der Waals surface area contributed by atoms with Crippen molar-refractivity contribution in [3.8, 4) is 16.3 Å². The lowest BCUT2D eigenvalue weighted by molar-refractivity contribution is -0.120. The highest BCUT2D eigenvalue weighted by atomic mass is 79.9. The number of nitrogens with zero attached hydrogens (tertiary/aromatic N) is 3. The van der Waals surface area contributed by atoms with Gasteiger partial charge in [-0.05, 0) is 36.4 Å². The zero-order valence-corrected chi connectivity index (χ0v) is 16.3. The average molecular weight is 439 g/mol. The molecule has 1 aromatic heterocycles. The van der Waals surface area contributed by atoms with E-state index in [-0.39, 0.29) is 12.5 Å². The van der Waals surface area contributed by atoms with Crippen molar-refractivity contribution in [1.29, 1.82) is 0 Å². The molecule has 0 aliphatic carbocycles. The fourth-order valence-electron chi connectivity index (χ4n) is 1.94. The van der Waals surface area contributed by atoms with Gasteiger partial charge in [0.1, 0.15) is 10.8 Å². The van der Waals surface area contributed by atoms with Crippen LogP contribution >= 0.6 is 38.9 Å². The molecule has 0 aliphatic heterocycles. The molecule has 5 nitrogen and oxygen atoms in total. The van der Waals surface area contributed by atoms with Crippen molar-refractivity contribution < 1.29 is 9.53 Å². The molecule has 0 saturated carbocycles. The van der Waals surface area contributed by atoms with Crippen LogP contribution in [0.1, 0.15) is 0 Å². The van der Waals surface area contributed by atoms with Crippen LogP contribution in [0.3, 0.4) is 0 Å². The first-order valence-electron chi connectivity index (χ1n) is 7.27. The Balaban J connectivity index is 1.64. The lowest BCUT2D eigenvalue weighted by Gasteiger charge is -2.13. The highest BCUT2D eigenvalue weighted by Crippen LogP contribution is 2.29. The summed E-state index contributed by atoms with van der Waals surface area (Å²) in [7, 11) is 1.65. The summed E-state index contributed by atoms with van der Waals surface area (Å²) < 4.78 is 6.46. The highest BCUT2D eigenvalue weighted by Gasteiger charge is 2.17. The molecule has 128 valence electrons. The van der Waals surface area contributed by atoms with Gasteiger partial charge in [-0.15, -0.1) is 10.2 Å². The lowest BCUT2D eigenvalue weighted by Crippen LogP contribution is -2.31. The molecule has 25 heavy (non-hydrogen) atoms. The molecule has 0 saturated heterocycles. The van der Waals surface area contributed by atoms with E-state index in [1.807, 2.05) is 24.3 Å². The van der Waals surface area contributed by atoms with E-state index in [2.05, 4.69) is 26.1 Å². The minimum atomic E-state index is -0.214. The molecule has 3 rings (SSSR count). The number of carbonyl (C=O) groups excluding carboxylic acids is 1. The molecule has 1 amide bonds. The molecule has 0 aliphatic rings. The first kappa shape index (κ1) is 17.8. The van der Waals surface area contributed by atoms with E-state index in [4.69, 9.17) is 16.3 Å². The zero-order valence-electron chi connectivity index (χ0n) is 13.1. The second kappa shape index (κ2) is 7.95. The Morgan fingerprint density at radius 3 is 2.52 bits per heavy atom. The zero-order chi connectivity index (χ0) is 17.8. The fourth-order valence-corrected chi connectivity index (χ4v) is 3.16. The molecule has 0 unspecified atom stereocenters. The minimum absolute atomic E-state index is 0.0919. The molecular formula is C17H13BrClN3O2S. The summed E-state index contributed by atoms with van der Waals surface area (Å²) in [6.45, 7) is -0.0919. The number of rotatable bonds is 5. The molecular weight excluding hydrogens is 426 g/mol. The van der Waals surface area contributed by atoms with Gasteiger partial charge in [0.15, 0.2) is 6.61 Å². The third-order valence-corrected chi connectivity index (χ3v) is 5.17. The van der Waals surface area contributed by atoms with Crippen LogP contribution < -0.4 is 9.64 Å². The number of amides is 1. The third kappa shape index (κ3) is 4.56. The number of anilines is 1. The number of benzene rings is 2. The molecule has 2 aromatic carbocycles. The number of carbonyl (C=O) groups is 1. The predicted octanol–water partition coefficient (Wildman–Crippen LogP) is 4.66. The maximum absolute atomic E-state index is 12.3. The number of ether oxygens (including phenoxy) is 1. The standard InChI is InChI=1S/C17H13BrClN3O2S/c1-22(15(23)10-24-14-8-6-13(19)7-9-14)17-21-20-16(25-17)11-2-4-12(18)5-3-11/h2-9H,10H2,1H3. The number of hydrogen-bond acceptors (Lipinski definition) is 5. The number of hydrogen-bond donors (Lipinski definition) is 0. The van der Waals surface area contributed by atoms with Gasteiger partial charge in [0.25, 0.3) is 5.91 Å². The summed E-state index contributed by atoms with van der Waals surface area (Å²) in [6, 6.07) is 14.6. The summed E-state index contributed by atoms with van der Waals surface area (Å²) in [6.07, 6.45) is 0. The molecule has 1 heterocycles. The van der Waals surface area contributed by atoms with E-state index >= 15 is 0 Å². The Kier molecular flexibility index (Phi) is 5.67. The van der Waals surface area contributed by atoms with Gasteiger partial charge in [-0.3, -0.25) is 9.69 Å². The molecule has 0 fully saturated rings. The second-order valence-corrected chi connectivity index (χ2v) is 7.40. The Morgan fingerprint density at radius 2 is 1.84 bits per heavy atom. The Bertz CT molecular complexity index is 868. The molecule has 0 N–H and O–H groups in total. The minimum Gasteiger partial charge on any atom is -0.484 e. The van der Waals surface area contributed by atoms with E-state index in [0.717, 1.165) is 15.0 Å². The quantitative estimate of drug-likeness (QED) is 0.581. The topological polar surface area (TPSA) is 55.3 Å². The Labute approximate surface area is 162 Å². The molecule has 0 bridgehead atoms. The van der Waals surface area contributed by atoms with E-state index in [0.29, 0.717) is 15.9 Å². The van der Waals surface area contributed by atoms with Gasteiger partial charge >= 0.3 is 0 Å². The van der Waals surface area contributed by atoms with Gasteiger partial charge < -0.3 is 4.74 Å².